The van der Waals surface area contributed by atoms with Gasteiger partial charge in [0, 0.05) is 24.7 Å². The Labute approximate surface area is 92.4 Å². The van der Waals surface area contributed by atoms with E-state index >= 15 is 0 Å². The van der Waals surface area contributed by atoms with E-state index in [0.717, 1.165) is 10.5 Å². The summed E-state index contributed by atoms with van der Waals surface area (Å²) in [4.78, 5) is 9.15. The van der Waals surface area contributed by atoms with Crippen molar-refractivity contribution in [3.63, 3.8) is 0 Å². The molecule has 0 spiro atoms. The summed E-state index contributed by atoms with van der Waals surface area (Å²) in [7, 11) is 1.93. The second-order valence-corrected chi connectivity index (χ2v) is 3.70. The van der Waals surface area contributed by atoms with Gasteiger partial charge in [0.05, 0.1) is 0 Å². The van der Waals surface area contributed by atoms with Crippen molar-refractivity contribution >= 4 is 17.3 Å². The Kier molecular flexibility index (Phi) is 4.06. The van der Waals surface area contributed by atoms with Crippen molar-refractivity contribution in [2.45, 2.75) is 13.8 Å². The molecule has 80 valence electrons. The maximum Gasteiger partial charge on any atom is 0.234 e. The van der Waals surface area contributed by atoms with Crippen LogP contribution in [0.2, 0.25) is 0 Å². The van der Waals surface area contributed by atoms with E-state index in [9.17, 15) is 0 Å². The van der Waals surface area contributed by atoms with Crippen LogP contribution in [0.5, 0.6) is 0 Å². The van der Waals surface area contributed by atoms with E-state index in [1.807, 2.05) is 37.0 Å². The highest BCUT2D eigenvalue weighted by Gasteiger charge is 1.98. The van der Waals surface area contributed by atoms with Gasteiger partial charge in [-0.15, -0.1) is 11.3 Å². The Morgan fingerprint density at radius 2 is 2.47 bits per heavy atom. The van der Waals surface area contributed by atoms with Crippen molar-refractivity contribution in [3.8, 4) is 6.19 Å². The van der Waals surface area contributed by atoms with Crippen LogP contribution in [-0.4, -0.2) is 17.1 Å². The number of nitriles is 1. The van der Waals surface area contributed by atoms with Crippen molar-refractivity contribution in [2.75, 3.05) is 6.54 Å². The van der Waals surface area contributed by atoms with E-state index in [2.05, 4.69) is 15.3 Å². The summed E-state index contributed by atoms with van der Waals surface area (Å²) in [6, 6.07) is 0. The highest BCUT2D eigenvalue weighted by Crippen LogP contribution is 1.96. The number of nitrogens with zero attached hydrogens (tertiary/aromatic N) is 4. The molecule has 0 aliphatic carbocycles. The molecule has 1 aromatic heterocycles. The first-order valence-corrected chi connectivity index (χ1v) is 5.42. The van der Waals surface area contributed by atoms with Crippen LogP contribution in [0.4, 0.5) is 0 Å². The van der Waals surface area contributed by atoms with Gasteiger partial charge >= 0.3 is 0 Å². The molecule has 0 amide bonds. The Morgan fingerprint density at radius 1 is 1.73 bits per heavy atom. The Hall–Kier alpha value is -1.61. The lowest BCUT2D eigenvalue weighted by molar-refractivity contribution is 0.834. The molecule has 0 aliphatic heterocycles. The van der Waals surface area contributed by atoms with Crippen molar-refractivity contribution in [3.05, 3.63) is 15.9 Å². The molecule has 0 aliphatic rings. The fourth-order valence-electron chi connectivity index (χ4n) is 0.942. The van der Waals surface area contributed by atoms with E-state index < -0.39 is 0 Å². The second kappa shape index (κ2) is 5.32. The van der Waals surface area contributed by atoms with Gasteiger partial charge in [-0.3, -0.25) is 10.3 Å². The molecule has 1 rings (SSSR count). The van der Waals surface area contributed by atoms with E-state index in [0.29, 0.717) is 12.5 Å². The molecule has 1 aromatic rings. The first kappa shape index (κ1) is 11.5. The summed E-state index contributed by atoms with van der Waals surface area (Å²) >= 11 is 1.52. The average molecular weight is 223 g/mol. The van der Waals surface area contributed by atoms with Crippen LogP contribution in [-0.2, 0) is 7.05 Å². The quantitative estimate of drug-likeness (QED) is 0.330. The second-order valence-electron chi connectivity index (χ2n) is 2.87. The SMILES string of the molecule is CCN=C(N=c1scc(C)n1C)NC#N. The smallest absolute Gasteiger partial charge is 0.234 e. The third-order valence-corrected chi connectivity index (χ3v) is 2.86. The molecule has 6 heteroatoms. The van der Waals surface area contributed by atoms with Gasteiger partial charge < -0.3 is 4.57 Å². The van der Waals surface area contributed by atoms with Gasteiger partial charge in [0.15, 0.2) is 11.0 Å². The number of aromatic nitrogens is 1. The number of guanidine groups is 1. The Morgan fingerprint density at radius 3 is 2.93 bits per heavy atom. The van der Waals surface area contributed by atoms with Gasteiger partial charge in [0.2, 0.25) is 5.96 Å². The van der Waals surface area contributed by atoms with Crippen LogP contribution >= 0.6 is 11.3 Å². The maximum atomic E-state index is 8.51. The van der Waals surface area contributed by atoms with Gasteiger partial charge in [-0.05, 0) is 13.8 Å². The highest BCUT2D eigenvalue weighted by atomic mass is 32.1. The molecular formula is C9H13N5S. The molecule has 0 aromatic carbocycles. The van der Waals surface area contributed by atoms with Crippen LogP contribution in [0.1, 0.15) is 12.6 Å². The highest BCUT2D eigenvalue weighted by molar-refractivity contribution is 7.07. The molecule has 0 bridgehead atoms. The van der Waals surface area contributed by atoms with Gasteiger partial charge in [-0.2, -0.15) is 10.3 Å². The zero-order valence-corrected chi connectivity index (χ0v) is 9.80. The third-order valence-electron chi connectivity index (χ3n) is 1.83. The molecule has 0 radical (unpaired) electrons. The number of hydrogen-bond acceptors (Lipinski definition) is 3. The normalized spacial score (nSPS) is 12.7. The number of nitrogens with one attached hydrogen (secondary N) is 1. The predicted octanol–water partition coefficient (Wildman–Crippen LogP) is 0.742. The van der Waals surface area contributed by atoms with Crippen LogP contribution < -0.4 is 10.1 Å². The molecule has 0 saturated carbocycles. The standard InChI is InChI=1S/C9H13N5S/c1-4-11-8(12-6-10)13-9-14(3)7(2)5-15-9/h5H,4H2,1-3H3,(H,11,12). The van der Waals surface area contributed by atoms with Crippen LogP contribution in [0.3, 0.4) is 0 Å². The summed E-state index contributed by atoms with van der Waals surface area (Å²) in [5.41, 5.74) is 1.13. The third kappa shape index (κ3) is 2.92. The number of thiazole rings is 1. The average Bonchev–Trinajstić information content (AvgIpc) is 2.51. The van der Waals surface area contributed by atoms with Gasteiger partial charge in [-0.25, -0.2) is 0 Å². The van der Waals surface area contributed by atoms with Crippen molar-refractivity contribution < 1.29 is 0 Å². The van der Waals surface area contributed by atoms with Crippen LogP contribution in [0.15, 0.2) is 15.4 Å². The maximum absolute atomic E-state index is 8.51. The minimum atomic E-state index is 0.359. The van der Waals surface area contributed by atoms with Crippen molar-refractivity contribution in [2.24, 2.45) is 17.0 Å². The largest absolute Gasteiger partial charge is 0.324 e. The lowest BCUT2D eigenvalue weighted by atomic mass is 10.6. The van der Waals surface area contributed by atoms with E-state index in [4.69, 9.17) is 5.26 Å². The molecule has 5 nitrogen and oxygen atoms in total. The fourth-order valence-corrected chi connectivity index (χ4v) is 1.82. The van der Waals surface area contributed by atoms with Gasteiger partial charge in [-0.1, -0.05) is 0 Å². The summed E-state index contributed by atoms with van der Waals surface area (Å²) in [5, 5.41) is 13.0. The molecule has 0 saturated heterocycles. The number of aliphatic imine (C=N–C) groups is 1. The first-order valence-electron chi connectivity index (χ1n) is 4.54. The topological polar surface area (TPSA) is 65.5 Å². The van der Waals surface area contributed by atoms with E-state index in [-0.39, 0.29) is 0 Å². The fraction of sp³-hybridized carbons (Fsp3) is 0.444. The molecule has 0 atom stereocenters. The van der Waals surface area contributed by atoms with Gasteiger partial charge in [0.1, 0.15) is 0 Å². The molecule has 0 unspecified atom stereocenters. The van der Waals surface area contributed by atoms with Crippen LogP contribution in [0.25, 0.3) is 0 Å². The number of rotatable bonds is 1. The zero-order valence-electron chi connectivity index (χ0n) is 8.98. The van der Waals surface area contributed by atoms with Crippen molar-refractivity contribution in [1.82, 2.24) is 9.88 Å². The monoisotopic (exact) mass is 223 g/mol. The molecule has 15 heavy (non-hydrogen) atoms. The molecule has 1 N–H and O–H groups in total. The lowest BCUT2D eigenvalue weighted by Gasteiger charge is -1.96. The van der Waals surface area contributed by atoms with Crippen molar-refractivity contribution in [1.29, 1.82) is 5.26 Å². The summed E-state index contributed by atoms with van der Waals surface area (Å²) in [6.45, 7) is 4.50. The molecular weight excluding hydrogens is 210 g/mol. The Bertz CT molecular complexity index is 460. The number of hydrogen-bond donors (Lipinski definition) is 1. The summed E-state index contributed by atoms with van der Waals surface area (Å²) in [5.74, 6) is 0.359. The predicted molar refractivity (Wildman–Crippen MR) is 60.3 cm³/mol. The summed E-state index contributed by atoms with van der Waals surface area (Å²) in [6.07, 6.45) is 1.82. The zero-order chi connectivity index (χ0) is 11.3. The van der Waals surface area contributed by atoms with E-state index in [1.165, 1.54) is 11.3 Å². The number of aryl methyl sites for hydroxylation is 1. The first-order chi connectivity index (χ1) is 7.19. The molecule has 0 fully saturated rings. The lowest BCUT2D eigenvalue weighted by Crippen LogP contribution is -2.22. The summed E-state index contributed by atoms with van der Waals surface area (Å²) < 4.78 is 1.95. The van der Waals surface area contributed by atoms with E-state index in [1.54, 1.807) is 0 Å². The van der Waals surface area contributed by atoms with Crippen LogP contribution in [0, 0.1) is 18.4 Å². The minimum absolute atomic E-state index is 0.359. The molecule has 1 heterocycles. The van der Waals surface area contributed by atoms with Gasteiger partial charge in [0.25, 0.3) is 0 Å². The Balaban J connectivity index is 3.09. The minimum Gasteiger partial charge on any atom is -0.324 e.